The van der Waals surface area contributed by atoms with Gasteiger partial charge in [-0.25, -0.2) is 0 Å². The van der Waals surface area contributed by atoms with Crippen LogP contribution >= 0.6 is 11.8 Å². The summed E-state index contributed by atoms with van der Waals surface area (Å²) in [4.78, 5) is 1.19. The number of benzene rings is 1. The molecule has 0 aliphatic carbocycles. The van der Waals surface area contributed by atoms with Gasteiger partial charge < -0.3 is 9.52 Å². The lowest BCUT2D eigenvalue weighted by atomic mass is 10.1. The predicted octanol–water partition coefficient (Wildman–Crippen LogP) is 4.02. The fourth-order valence-electron chi connectivity index (χ4n) is 1.57. The van der Waals surface area contributed by atoms with Crippen molar-refractivity contribution < 1.29 is 9.52 Å². The Bertz CT molecular complexity index is 434. The highest BCUT2D eigenvalue weighted by molar-refractivity contribution is 7.98. The van der Waals surface area contributed by atoms with Gasteiger partial charge in [-0.1, -0.05) is 19.1 Å². The summed E-state index contributed by atoms with van der Waals surface area (Å²) in [5.74, 6) is 1.82. The van der Waals surface area contributed by atoms with Crippen LogP contribution in [0.15, 0.2) is 52.0 Å². The van der Waals surface area contributed by atoms with E-state index in [1.165, 1.54) is 4.90 Å². The second kappa shape index (κ2) is 5.94. The van der Waals surface area contributed by atoms with E-state index in [2.05, 4.69) is 0 Å². The Kier molecular flexibility index (Phi) is 4.29. The zero-order chi connectivity index (χ0) is 12.1. The molecule has 3 heteroatoms. The molecule has 0 spiro atoms. The van der Waals surface area contributed by atoms with E-state index in [0.29, 0.717) is 0 Å². The minimum Gasteiger partial charge on any atom is -0.468 e. The Balaban J connectivity index is 1.94. The van der Waals surface area contributed by atoms with Gasteiger partial charge in [0.1, 0.15) is 5.76 Å². The average molecular weight is 248 g/mol. The average Bonchev–Trinajstić information content (AvgIpc) is 2.89. The Labute approximate surface area is 106 Å². The van der Waals surface area contributed by atoms with Crippen LogP contribution in [-0.2, 0) is 5.75 Å². The van der Waals surface area contributed by atoms with Gasteiger partial charge in [0.15, 0.2) is 0 Å². The molecular formula is C14H16O2S. The van der Waals surface area contributed by atoms with Crippen molar-refractivity contribution in [3.63, 3.8) is 0 Å². The van der Waals surface area contributed by atoms with Crippen LogP contribution in [0.2, 0.25) is 0 Å². The summed E-state index contributed by atoms with van der Waals surface area (Å²) in [6, 6.07) is 11.9. The fraction of sp³-hybridized carbons (Fsp3) is 0.286. The zero-order valence-electron chi connectivity index (χ0n) is 9.80. The molecule has 0 aliphatic rings. The van der Waals surface area contributed by atoms with Gasteiger partial charge in [0.25, 0.3) is 0 Å². The maximum absolute atomic E-state index is 9.68. The third kappa shape index (κ3) is 3.38. The van der Waals surface area contributed by atoms with Gasteiger partial charge in [-0.3, -0.25) is 0 Å². The van der Waals surface area contributed by atoms with E-state index in [9.17, 15) is 5.11 Å². The topological polar surface area (TPSA) is 33.4 Å². The second-order valence-corrected chi connectivity index (χ2v) is 4.91. The summed E-state index contributed by atoms with van der Waals surface area (Å²) in [5.41, 5.74) is 0.981. The molecule has 1 aromatic carbocycles. The summed E-state index contributed by atoms with van der Waals surface area (Å²) in [6.45, 7) is 1.98. The third-order valence-corrected chi connectivity index (χ3v) is 3.65. The molecule has 2 aromatic rings. The first-order valence-electron chi connectivity index (χ1n) is 5.73. The molecule has 0 radical (unpaired) electrons. The monoisotopic (exact) mass is 248 g/mol. The molecule has 0 fully saturated rings. The first-order valence-corrected chi connectivity index (χ1v) is 6.71. The van der Waals surface area contributed by atoms with Crippen LogP contribution in [0.3, 0.4) is 0 Å². The summed E-state index contributed by atoms with van der Waals surface area (Å²) in [5, 5.41) is 9.68. The lowest BCUT2D eigenvalue weighted by molar-refractivity contribution is 0.173. The first kappa shape index (κ1) is 12.3. The van der Waals surface area contributed by atoms with Gasteiger partial charge in [0.2, 0.25) is 0 Å². The number of aliphatic hydroxyl groups excluding tert-OH is 1. The van der Waals surface area contributed by atoms with Gasteiger partial charge >= 0.3 is 0 Å². The minimum atomic E-state index is -0.348. The summed E-state index contributed by atoms with van der Waals surface area (Å²) >= 11 is 1.73. The summed E-state index contributed by atoms with van der Waals surface area (Å²) < 4.78 is 5.27. The fourth-order valence-corrected chi connectivity index (χ4v) is 2.37. The van der Waals surface area contributed by atoms with E-state index in [0.717, 1.165) is 23.5 Å². The number of aliphatic hydroxyl groups is 1. The molecule has 0 saturated heterocycles. The van der Waals surface area contributed by atoms with Crippen molar-refractivity contribution >= 4 is 11.8 Å². The molecule has 0 bridgehead atoms. The van der Waals surface area contributed by atoms with Crippen molar-refractivity contribution in [2.45, 2.75) is 30.1 Å². The van der Waals surface area contributed by atoms with Gasteiger partial charge in [-0.2, -0.15) is 0 Å². The second-order valence-electron chi connectivity index (χ2n) is 3.86. The molecule has 2 rings (SSSR count). The van der Waals surface area contributed by atoms with Crippen molar-refractivity contribution in [2.24, 2.45) is 0 Å². The normalized spacial score (nSPS) is 12.6. The SMILES string of the molecule is CC[C@@H](O)c1ccc(SCc2ccco2)cc1. The molecule has 90 valence electrons. The predicted molar refractivity (Wildman–Crippen MR) is 70.0 cm³/mol. The number of hydrogen-bond acceptors (Lipinski definition) is 3. The highest BCUT2D eigenvalue weighted by Crippen LogP contribution is 2.25. The summed E-state index contributed by atoms with van der Waals surface area (Å²) in [7, 11) is 0. The number of hydrogen-bond donors (Lipinski definition) is 1. The van der Waals surface area contributed by atoms with E-state index >= 15 is 0 Å². The highest BCUT2D eigenvalue weighted by atomic mass is 32.2. The van der Waals surface area contributed by atoms with Crippen LogP contribution < -0.4 is 0 Å². The smallest absolute Gasteiger partial charge is 0.113 e. The van der Waals surface area contributed by atoms with Crippen LogP contribution in [0.25, 0.3) is 0 Å². The maximum atomic E-state index is 9.68. The van der Waals surface area contributed by atoms with Crippen molar-refractivity contribution in [3.05, 3.63) is 54.0 Å². The van der Waals surface area contributed by atoms with E-state index in [1.54, 1.807) is 18.0 Å². The van der Waals surface area contributed by atoms with Crippen molar-refractivity contribution in [3.8, 4) is 0 Å². The highest BCUT2D eigenvalue weighted by Gasteiger charge is 2.04. The van der Waals surface area contributed by atoms with Gasteiger partial charge in [-0.05, 0) is 36.2 Å². The molecule has 0 amide bonds. The van der Waals surface area contributed by atoms with Crippen LogP contribution in [-0.4, -0.2) is 5.11 Å². The van der Waals surface area contributed by atoms with Gasteiger partial charge in [-0.15, -0.1) is 11.8 Å². The lowest BCUT2D eigenvalue weighted by Crippen LogP contribution is -1.94. The Hall–Kier alpha value is -1.19. The zero-order valence-corrected chi connectivity index (χ0v) is 10.6. The molecule has 0 unspecified atom stereocenters. The molecule has 1 atom stereocenters. The van der Waals surface area contributed by atoms with Crippen LogP contribution in [0.5, 0.6) is 0 Å². The molecule has 17 heavy (non-hydrogen) atoms. The number of thioether (sulfide) groups is 1. The molecule has 2 nitrogen and oxygen atoms in total. The van der Waals surface area contributed by atoms with Crippen molar-refractivity contribution in [1.82, 2.24) is 0 Å². The summed E-state index contributed by atoms with van der Waals surface area (Å²) in [6.07, 6.45) is 2.09. The van der Waals surface area contributed by atoms with Gasteiger partial charge in [0, 0.05) is 4.90 Å². The molecule has 1 heterocycles. The van der Waals surface area contributed by atoms with Crippen molar-refractivity contribution in [1.29, 1.82) is 0 Å². The molecule has 1 N–H and O–H groups in total. The van der Waals surface area contributed by atoms with Gasteiger partial charge in [0.05, 0.1) is 18.1 Å². The Morgan fingerprint density at radius 3 is 2.59 bits per heavy atom. The van der Waals surface area contributed by atoms with E-state index < -0.39 is 0 Å². The molecular weight excluding hydrogens is 232 g/mol. The van der Waals surface area contributed by atoms with Crippen LogP contribution in [0, 0.1) is 0 Å². The number of rotatable bonds is 5. The molecule has 1 aromatic heterocycles. The third-order valence-electron chi connectivity index (χ3n) is 2.61. The largest absolute Gasteiger partial charge is 0.468 e. The molecule has 0 aliphatic heterocycles. The van der Waals surface area contributed by atoms with Crippen molar-refractivity contribution in [2.75, 3.05) is 0 Å². The lowest BCUT2D eigenvalue weighted by Gasteiger charge is -2.08. The Morgan fingerprint density at radius 2 is 2.00 bits per heavy atom. The van der Waals surface area contributed by atoms with E-state index in [-0.39, 0.29) is 6.10 Å². The Morgan fingerprint density at radius 1 is 1.24 bits per heavy atom. The standard InChI is InChI=1S/C14H16O2S/c1-2-14(15)11-5-7-13(8-6-11)17-10-12-4-3-9-16-12/h3-9,14-15H,2,10H2,1H3/t14-/m1/s1. The van der Waals surface area contributed by atoms with Crippen LogP contribution in [0.1, 0.15) is 30.8 Å². The van der Waals surface area contributed by atoms with E-state index in [4.69, 9.17) is 4.42 Å². The quantitative estimate of drug-likeness (QED) is 0.811. The maximum Gasteiger partial charge on any atom is 0.113 e. The molecule has 0 saturated carbocycles. The van der Waals surface area contributed by atoms with E-state index in [1.807, 2.05) is 43.3 Å². The number of furan rings is 1. The van der Waals surface area contributed by atoms with Crippen LogP contribution in [0.4, 0.5) is 0 Å². The minimum absolute atomic E-state index is 0.348. The first-order chi connectivity index (χ1) is 8.29.